The maximum Gasteiger partial charge on any atom is -0.423 e. The molecule has 1 aromatic rings. The van der Waals surface area contributed by atoms with Gasteiger partial charge in [-0.1, -0.05) is 6.92 Å². The SMILES string of the molecule is C[c-]1cccc1.O=[C]=[W]=[C]=O.[N-]=O. The van der Waals surface area contributed by atoms with Crippen molar-refractivity contribution in [3.63, 3.8) is 0 Å². The molecular formula is C8H7NO3W-2. The van der Waals surface area contributed by atoms with Crippen LogP contribution in [-0.2, 0) is 27.2 Å². The van der Waals surface area contributed by atoms with Crippen molar-refractivity contribution in [1.82, 2.24) is 0 Å². The summed E-state index contributed by atoms with van der Waals surface area (Å²) in [5.41, 5.74) is 7.09. The molecule has 0 bridgehead atoms. The Morgan fingerprint density at radius 2 is 1.54 bits per heavy atom. The van der Waals surface area contributed by atoms with E-state index in [4.69, 9.17) is 20.1 Å². The quantitative estimate of drug-likeness (QED) is 0.662. The Kier molecular flexibility index (Phi) is 14.8. The van der Waals surface area contributed by atoms with Crippen molar-refractivity contribution in [2.24, 2.45) is 0 Å². The normalized spacial score (nSPS) is 5.92. The van der Waals surface area contributed by atoms with E-state index in [0.717, 1.165) is 0 Å². The van der Waals surface area contributed by atoms with Gasteiger partial charge in [-0.2, -0.15) is 17.7 Å². The fourth-order valence-corrected chi connectivity index (χ4v) is 0.609. The summed E-state index contributed by atoms with van der Waals surface area (Å²) in [7, 11) is 0. The largest absolute Gasteiger partial charge is 0.577 e. The van der Waals surface area contributed by atoms with E-state index in [9.17, 15) is 0 Å². The van der Waals surface area contributed by atoms with Gasteiger partial charge in [0.2, 0.25) is 0 Å². The first-order chi connectivity index (χ1) is 6.31. The van der Waals surface area contributed by atoms with Gasteiger partial charge in [-0.05, 0) is 0 Å². The van der Waals surface area contributed by atoms with E-state index in [-0.39, 0.29) is 0 Å². The van der Waals surface area contributed by atoms with Crippen LogP contribution >= 0.6 is 0 Å². The number of hydrogen-bond donors (Lipinski definition) is 0. The molecule has 0 aromatic heterocycles. The topological polar surface area (TPSA) is 73.5 Å². The predicted molar refractivity (Wildman–Crippen MR) is 44.9 cm³/mol. The minimum absolute atomic E-state index is 1.34. The zero-order valence-electron chi connectivity index (χ0n) is 6.89. The number of rotatable bonds is 0. The third kappa shape index (κ3) is 13.7. The minimum Gasteiger partial charge on any atom is -0.577 e. The Labute approximate surface area is 83.3 Å². The van der Waals surface area contributed by atoms with Gasteiger partial charge >= 0.3 is 35.8 Å². The number of nitroso groups, excluding NO2 is 1. The summed E-state index contributed by atoms with van der Waals surface area (Å²) in [6.07, 6.45) is 0. The molecule has 0 aliphatic rings. The van der Waals surface area contributed by atoms with E-state index < -0.39 is 17.6 Å². The molecule has 0 fully saturated rings. The summed E-state index contributed by atoms with van der Waals surface area (Å²) in [4.78, 5) is 25.4. The van der Waals surface area contributed by atoms with Gasteiger partial charge in [-0.3, -0.25) is 0 Å². The maximum absolute atomic E-state index is 9.09. The standard InChI is InChI=1S/C6H7.2CO.NO.W/c1-6-4-2-3-5-6;3*1-2;/h2-5H,1H3;;;;/q-1;;;-1;. The van der Waals surface area contributed by atoms with Gasteiger partial charge in [-0.15, -0.1) is 0 Å². The molecule has 0 heterocycles. The van der Waals surface area contributed by atoms with Crippen molar-refractivity contribution in [2.45, 2.75) is 6.92 Å². The molecule has 0 radical (unpaired) electrons. The van der Waals surface area contributed by atoms with Crippen molar-refractivity contribution in [3.05, 3.63) is 40.3 Å². The summed E-state index contributed by atoms with van der Waals surface area (Å²) < 4.78 is 3.02. The molecule has 0 saturated carbocycles. The van der Waals surface area contributed by atoms with Crippen LogP contribution in [0.1, 0.15) is 5.56 Å². The van der Waals surface area contributed by atoms with E-state index in [1.807, 2.05) is 12.1 Å². The van der Waals surface area contributed by atoms with Crippen LogP contribution in [0.5, 0.6) is 0 Å². The fraction of sp³-hybridized carbons (Fsp3) is 0.125. The number of hydrogen-bond acceptors (Lipinski definition) is 3. The molecule has 70 valence electrons. The van der Waals surface area contributed by atoms with Gasteiger partial charge < -0.3 is 10.5 Å². The molecule has 0 atom stereocenters. The Morgan fingerprint density at radius 1 is 1.15 bits per heavy atom. The molecule has 4 nitrogen and oxygen atoms in total. The zero-order chi connectivity index (χ0) is 10.5. The van der Waals surface area contributed by atoms with Gasteiger partial charge in [0.15, 0.2) is 0 Å². The van der Waals surface area contributed by atoms with Crippen LogP contribution in [0.4, 0.5) is 0 Å². The van der Waals surface area contributed by atoms with Crippen LogP contribution in [0.15, 0.2) is 24.3 Å². The molecule has 0 amide bonds. The molecule has 1 rings (SSSR count). The van der Waals surface area contributed by atoms with Crippen molar-refractivity contribution in [1.29, 1.82) is 0 Å². The summed E-state index contributed by atoms with van der Waals surface area (Å²) in [6.45, 7) is 2.08. The van der Waals surface area contributed by atoms with E-state index in [1.165, 1.54) is 14.1 Å². The first-order valence-electron chi connectivity index (χ1n) is 3.08. The average molecular weight is 349 g/mol. The average Bonchev–Trinajstić information content (AvgIpc) is 2.62. The summed E-state index contributed by atoms with van der Waals surface area (Å²) in [6, 6.07) is 8.24. The Morgan fingerprint density at radius 3 is 1.62 bits per heavy atom. The van der Waals surface area contributed by atoms with E-state index >= 15 is 0 Å². The monoisotopic (exact) mass is 349 g/mol. The summed E-state index contributed by atoms with van der Waals surface area (Å²) >= 11 is -1.37. The van der Waals surface area contributed by atoms with Gasteiger partial charge in [0, 0.05) is 0 Å². The maximum atomic E-state index is 9.09. The summed E-state index contributed by atoms with van der Waals surface area (Å²) in [5, 5.41) is 0. The van der Waals surface area contributed by atoms with Crippen molar-refractivity contribution >= 4 is 8.53 Å². The van der Waals surface area contributed by atoms with Crippen molar-refractivity contribution in [2.75, 3.05) is 0 Å². The molecule has 0 spiro atoms. The molecular weight excluding hydrogens is 342 g/mol. The Balaban J connectivity index is 0. The van der Waals surface area contributed by atoms with Crippen LogP contribution in [0.25, 0.3) is 5.59 Å². The van der Waals surface area contributed by atoms with Crippen molar-refractivity contribution in [3.8, 4) is 0 Å². The number of aryl methyl sites for hydroxylation is 1. The first-order valence-corrected chi connectivity index (χ1v) is 6.01. The summed E-state index contributed by atoms with van der Waals surface area (Å²) in [5.74, 6) is 0. The fourth-order valence-electron chi connectivity index (χ4n) is 0.487. The van der Waals surface area contributed by atoms with Crippen LogP contribution in [0, 0.1) is 11.8 Å². The molecule has 0 aliphatic carbocycles. The van der Waals surface area contributed by atoms with Gasteiger partial charge in [-0.25, -0.2) is 12.1 Å². The molecule has 1 aromatic carbocycles. The molecule has 5 heteroatoms. The van der Waals surface area contributed by atoms with Crippen LogP contribution in [0.2, 0.25) is 0 Å². The molecule has 0 aliphatic heterocycles. The van der Waals surface area contributed by atoms with E-state index in [1.54, 1.807) is 0 Å². The Hall–Kier alpha value is -1.20. The second kappa shape index (κ2) is 13.4. The Bertz CT molecular complexity index is 292. The molecule has 0 saturated heterocycles. The smallest absolute Gasteiger partial charge is 0.423 e. The minimum atomic E-state index is -1.37. The molecule has 0 unspecified atom stereocenters. The van der Waals surface area contributed by atoms with Gasteiger partial charge in [0.05, 0.1) is 0 Å². The number of nitrogens with zero attached hydrogens (tertiary/aromatic N) is 1. The second-order valence-corrected chi connectivity index (χ2v) is 3.66. The third-order valence-corrected chi connectivity index (χ3v) is 1.51. The van der Waals surface area contributed by atoms with Crippen LogP contribution < -0.4 is 0 Å². The van der Waals surface area contributed by atoms with Crippen molar-refractivity contribution < 1.29 is 27.2 Å². The first kappa shape index (κ1) is 14.3. The molecule has 13 heavy (non-hydrogen) atoms. The van der Waals surface area contributed by atoms with Gasteiger partial charge in [0.25, 0.3) is 0 Å². The predicted octanol–water partition coefficient (Wildman–Crippen LogP) is 1.24. The van der Waals surface area contributed by atoms with Crippen LogP contribution in [-0.4, -0.2) is 8.53 Å². The van der Waals surface area contributed by atoms with Crippen LogP contribution in [0.3, 0.4) is 0 Å². The zero-order valence-corrected chi connectivity index (χ0v) is 9.82. The van der Waals surface area contributed by atoms with E-state index in [0.29, 0.717) is 0 Å². The number of carbonyl (C=O) groups excluding carboxylic acids is 2. The third-order valence-electron chi connectivity index (χ3n) is 0.913. The van der Waals surface area contributed by atoms with E-state index in [2.05, 4.69) is 19.1 Å². The molecule has 0 N–H and O–H groups in total. The van der Waals surface area contributed by atoms with Gasteiger partial charge in [0.1, 0.15) is 0 Å². The second-order valence-electron chi connectivity index (χ2n) is 1.73.